The summed E-state index contributed by atoms with van der Waals surface area (Å²) >= 11 is 6.29. The molecule has 2 unspecified atom stereocenters. The zero-order valence-corrected chi connectivity index (χ0v) is 12.2. The lowest BCUT2D eigenvalue weighted by Crippen LogP contribution is -2.20. The van der Waals surface area contributed by atoms with E-state index in [0.29, 0.717) is 12.0 Å². The Bertz CT molecular complexity index is 605. The van der Waals surface area contributed by atoms with Gasteiger partial charge >= 0.3 is 0 Å². The van der Waals surface area contributed by atoms with E-state index in [-0.39, 0.29) is 0 Å². The molecule has 1 aromatic heterocycles. The van der Waals surface area contributed by atoms with E-state index < -0.39 is 0 Å². The summed E-state index contributed by atoms with van der Waals surface area (Å²) in [5.41, 5.74) is 8.45. The molecule has 4 heteroatoms. The Labute approximate surface area is 118 Å². The van der Waals surface area contributed by atoms with Gasteiger partial charge in [-0.05, 0) is 31.5 Å². The maximum atomic E-state index is 6.29. The molecule has 102 valence electrons. The van der Waals surface area contributed by atoms with Crippen LogP contribution in [0.3, 0.4) is 0 Å². The third kappa shape index (κ3) is 2.06. The number of aromatic nitrogens is 1. The van der Waals surface area contributed by atoms with E-state index in [1.807, 2.05) is 6.20 Å². The molecule has 0 aliphatic carbocycles. The third-order valence-corrected chi connectivity index (χ3v) is 4.61. The Balaban J connectivity index is 2.10. The fraction of sp³-hybridized carbons (Fsp3) is 0.467. The van der Waals surface area contributed by atoms with Gasteiger partial charge < -0.3 is 10.3 Å². The van der Waals surface area contributed by atoms with Gasteiger partial charge in [-0.3, -0.25) is 4.90 Å². The maximum Gasteiger partial charge on any atom is 0.0661 e. The number of hydrogen-bond acceptors (Lipinski definition) is 2. The number of hydrogen-bond donors (Lipinski definition) is 1. The molecule has 1 fully saturated rings. The summed E-state index contributed by atoms with van der Waals surface area (Å²) in [6, 6.07) is 6.87. The van der Waals surface area contributed by atoms with Crippen LogP contribution >= 0.6 is 11.6 Å². The zero-order valence-electron chi connectivity index (χ0n) is 11.4. The number of nitrogens with two attached hydrogens (primary N) is 1. The monoisotopic (exact) mass is 277 g/mol. The second kappa shape index (κ2) is 4.82. The van der Waals surface area contributed by atoms with Crippen LogP contribution in [0.25, 0.3) is 10.9 Å². The average Bonchev–Trinajstić information content (AvgIpc) is 2.91. The van der Waals surface area contributed by atoms with Crippen LogP contribution in [0.4, 0.5) is 0 Å². The number of nitrogens with zero attached hydrogens (tertiary/aromatic N) is 2. The van der Waals surface area contributed by atoms with Crippen LogP contribution in [-0.4, -0.2) is 29.6 Å². The molecule has 2 atom stereocenters. The number of likely N-dealkylation sites (tertiary alicyclic amines) is 1. The molecule has 0 spiro atoms. The predicted octanol–water partition coefficient (Wildman–Crippen LogP) is 2.78. The minimum absolute atomic E-state index is 0.446. The highest BCUT2D eigenvalue weighted by Crippen LogP contribution is 2.38. The van der Waals surface area contributed by atoms with E-state index in [2.05, 4.69) is 41.8 Å². The maximum absolute atomic E-state index is 6.29. The largest absolute Gasteiger partial charge is 0.349 e. The van der Waals surface area contributed by atoms with E-state index in [9.17, 15) is 0 Å². The molecule has 3 rings (SSSR count). The van der Waals surface area contributed by atoms with Crippen LogP contribution in [-0.2, 0) is 7.05 Å². The molecule has 0 bridgehead atoms. The van der Waals surface area contributed by atoms with Gasteiger partial charge in [0, 0.05) is 31.2 Å². The van der Waals surface area contributed by atoms with Crippen molar-refractivity contribution in [1.82, 2.24) is 9.47 Å². The second-order valence-corrected chi connectivity index (χ2v) is 6.03. The van der Waals surface area contributed by atoms with Crippen molar-refractivity contribution < 1.29 is 0 Å². The van der Waals surface area contributed by atoms with Crippen LogP contribution in [0, 0.1) is 5.92 Å². The second-order valence-electron chi connectivity index (χ2n) is 5.62. The predicted molar refractivity (Wildman–Crippen MR) is 80.5 cm³/mol. The molecule has 19 heavy (non-hydrogen) atoms. The van der Waals surface area contributed by atoms with Gasteiger partial charge in [-0.2, -0.15) is 0 Å². The number of fused-ring (bicyclic) bond motifs is 1. The van der Waals surface area contributed by atoms with Gasteiger partial charge in [0.2, 0.25) is 0 Å². The highest BCUT2D eigenvalue weighted by molar-refractivity contribution is 6.35. The third-order valence-electron chi connectivity index (χ3n) is 4.31. The normalized spacial score (nSPS) is 24.4. The summed E-state index contributed by atoms with van der Waals surface area (Å²) in [5, 5.41) is 1.97. The van der Waals surface area contributed by atoms with Gasteiger partial charge in [0.15, 0.2) is 0 Å². The highest BCUT2D eigenvalue weighted by Gasteiger charge is 2.31. The van der Waals surface area contributed by atoms with Crippen LogP contribution in [0.2, 0.25) is 5.02 Å². The minimum Gasteiger partial charge on any atom is -0.349 e. The molecule has 1 aliphatic heterocycles. The summed E-state index contributed by atoms with van der Waals surface area (Å²) in [6.07, 6.45) is 3.13. The van der Waals surface area contributed by atoms with Gasteiger partial charge in [-0.15, -0.1) is 0 Å². The molecule has 0 saturated carbocycles. The minimum atomic E-state index is 0.446. The van der Waals surface area contributed by atoms with E-state index in [1.54, 1.807) is 0 Å². The van der Waals surface area contributed by atoms with E-state index in [0.717, 1.165) is 29.9 Å². The molecular formula is C15H20ClN3. The molecule has 1 aliphatic rings. The highest BCUT2D eigenvalue weighted by atomic mass is 35.5. The Hall–Kier alpha value is -1.03. The first-order valence-corrected chi connectivity index (χ1v) is 7.13. The number of aryl methyl sites for hydroxylation is 1. The molecule has 0 amide bonds. The first-order chi connectivity index (χ1) is 9.11. The smallest absolute Gasteiger partial charge is 0.0661 e. The van der Waals surface area contributed by atoms with E-state index >= 15 is 0 Å². The Morgan fingerprint density at radius 1 is 1.37 bits per heavy atom. The average molecular weight is 278 g/mol. The van der Waals surface area contributed by atoms with Gasteiger partial charge in [0.25, 0.3) is 0 Å². The molecule has 3 nitrogen and oxygen atoms in total. The van der Waals surface area contributed by atoms with E-state index in [4.69, 9.17) is 17.3 Å². The van der Waals surface area contributed by atoms with Crippen molar-refractivity contribution in [3.63, 3.8) is 0 Å². The quantitative estimate of drug-likeness (QED) is 0.916. The standard InChI is InChI=1S/C15H20ClN3/c1-18-8-10(7-17)6-14(18)12-5-3-4-11-13(16)9-19(2)15(11)12/h3-5,9-10,14H,6-8,17H2,1-2H3. The fourth-order valence-corrected chi connectivity index (χ4v) is 3.66. The number of para-hydroxylation sites is 1. The molecule has 2 N–H and O–H groups in total. The molecule has 1 aromatic carbocycles. The Kier molecular flexibility index (Phi) is 3.29. The van der Waals surface area contributed by atoms with Crippen LogP contribution in [0.1, 0.15) is 18.0 Å². The van der Waals surface area contributed by atoms with Gasteiger partial charge in [0.05, 0.1) is 10.5 Å². The van der Waals surface area contributed by atoms with Crippen molar-refractivity contribution in [2.24, 2.45) is 18.7 Å². The van der Waals surface area contributed by atoms with Crippen LogP contribution in [0.15, 0.2) is 24.4 Å². The lowest BCUT2D eigenvalue weighted by Gasteiger charge is -2.21. The molecular weight excluding hydrogens is 258 g/mol. The Morgan fingerprint density at radius 3 is 2.84 bits per heavy atom. The van der Waals surface area contributed by atoms with Gasteiger partial charge in [0.1, 0.15) is 0 Å². The first kappa shape index (κ1) is 13.0. The number of rotatable bonds is 2. The van der Waals surface area contributed by atoms with Crippen molar-refractivity contribution in [3.8, 4) is 0 Å². The molecule has 2 heterocycles. The summed E-state index contributed by atoms with van der Waals surface area (Å²) in [4.78, 5) is 2.41. The summed E-state index contributed by atoms with van der Waals surface area (Å²) in [6.45, 7) is 1.85. The lowest BCUT2D eigenvalue weighted by atomic mass is 9.98. The molecule has 0 radical (unpaired) electrons. The number of halogens is 1. The van der Waals surface area contributed by atoms with Crippen molar-refractivity contribution in [3.05, 3.63) is 35.0 Å². The van der Waals surface area contributed by atoms with Crippen molar-refractivity contribution in [2.75, 3.05) is 20.1 Å². The van der Waals surface area contributed by atoms with Gasteiger partial charge in [-0.1, -0.05) is 29.8 Å². The summed E-state index contributed by atoms with van der Waals surface area (Å²) in [5.74, 6) is 0.598. The SMILES string of the molecule is CN1CC(CN)CC1c1cccc2c(Cl)cn(C)c12. The zero-order chi connectivity index (χ0) is 13.6. The molecule has 1 saturated heterocycles. The van der Waals surface area contributed by atoms with Gasteiger partial charge in [-0.25, -0.2) is 0 Å². The topological polar surface area (TPSA) is 34.2 Å². The fourth-order valence-electron chi connectivity index (χ4n) is 3.36. The van der Waals surface area contributed by atoms with Crippen molar-refractivity contribution in [2.45, 2.75) is 12.5 Å². The van der Waals surface area contributed by atoms with Crippen LogP contribution < -0.4 is 5.73 Å². The molecule has 2 aromatic rings. The summed E-state index contributed by atoms with van der Waals surface area (Å²) < 4.78 is 2.14. The van der Waals surface area contributed by atoms with Crippen LogP contribution in [0.5, 0.6) is 0 Å². The first-order valence-electron chi connectivity index (χ1n) is 6.75. The van der Waals surface area contributed by atoms with Crippen molar-refractivity contribution in [1.29, 1.82) is 0 Å². The van der Waals surface area contributed by atoms with Crippen molar-refractivity contribution >= 4 is 22.5 Å². The summed E-state index contributed by atoms with van der Waals surface area (Å²) in [7, 11) is 4.25. The Morgan fingerprint density at radius 2 is 2.16 bits per heavy atom. The number of benzene rings is 1. The lowest BCUT2D eigenvalue weighted by molar-refractivity contribution is 0.315. The van der Waals surface area contributed by atoms with E-state index in [1.165, 1.54) is 11.1 Å².